The summed E-state index contributed by atoms with van der Waals surface area (Å²) in [6, 6.07) is 8.88. The third-order valence-corrected chi connectivity index (χ3v) is 2.28. The molecule has 1 aromatic heterocycles. The number of ether oxygens (including phenoxy) is 1. The van der Waals surface area contributed by atoms with Gasteiger partial charge < -0.3 is 9.72 Å². The van der Waals surface area contributed by atoms with Gasteiger partial charge in [0.25, 0.3) is 5.56 Å². The van der Waals surface area contributed by atoms with E-state index in [1.54, 1.807) is 24.3 Å². The van der Waals surface area contributed by atoms with E-state index in [1.165, 1.54) is 13.4 Å². The molecule has 1 heterocycles. The van der Waals surface area contributed by atoms with Crippen LogP contribution in [0.2, 0.25) is 0 Å². The number of nitrogens with one attached hydrogen (secondary N) is 1. The average Bonchev–Trinajstić information content (AvgIpc) is 2.38. The van der Waals surface area contributed by atoms with E-state index in [9.17, 15) is 4.79 Å². The fraction of sp³-hybridized carbons (Fsp3) is 0.0833. The SMILES string of the molecule is COc1c(-c2cccc(C#N)c2)nc[nH]c1=O. The quantitative estimate of drug-likeness (QED) is 0.839. The van der Waals surface area contributed by atoms with E-state index in [-0.39, 0.29) is 11.3 Å². The van der Waals surface area contributed by atoms with Crippen molar-refractivity contribution in [1.29, 1.82) is 5.26 Å². The summed E-state index contributed by atoms with van der Waals surface area (Å²) in [5, 5.41) is 8.82. The molecule has 0 spiro atoms. The third kappa shape index (κ3) is 2.01. The standard InChI is InChI=1S/C12H9N3O2/c1-17-11-10(14-7-15-12(11)16)9-4-2-3-8(5-9)6-13/h2-5,7H,1H3,(H,14,15,16). The molecular weight excluding hydrogens is 218 g/mol. The number of methoxy groups -OCH3 is 1. The minimum absolute atomic E-state index is 0.141. The van der Waals surface area contributed by atoms with Crippen molar-refractivity contribution in [2.24, 2.45) is 0 Å². The molecule has 84 valence electrons. The molecule has 0 unspecified atom stereocenters. The van der Waals surface area contributed by atoms with Crippen molar-refractivity contribution >= 4 is 0 Å². The molecule has 0 aliphatic rings. The number of nitriles is 1. The number of benzene rings is 1. The molecule has 0 aliphatic carbocycles. The Morgan fingerprint density at radius 1 is 1.47 bits per heavy atom. The molecule has 0 saturated carbocycles. The second-order valence-corrected chi connectivity index (χ2v) is 3.31. The molecule has 2 rings (SSSR count). The van der Waals surface area contributed by atoms with Gasteiger partial charge in [-0.05, 0) is 12.1 Å². The maximum absolute atomic E-state index is 11.5. The molecule has 1 aromatic carbocycles. The number of rotatable bonds is 2. The Bertz CT molecular complexity index is 641. The largest absolute Gasteiger partial charge is 0.490 e. The zero-order valence-corrected chi connectivity index (χ0v) is 9.10. The van der Waals surface area contributed by atoms with E-state index in [0.29, 0.717) is 16.8 Å². The van der Waals surface area contributed by atoms with E-state index in [2.05, 4.69) is 9.97 Å². The van der Waals surface area contributed by atoms with Crippen LogP contribution in [0.3, 0.4) is 0 Å². The first kappa shape index (κ1) is 10.9. The summed E-state index contributed by atoms with van der Waals surface area (Å²) in [5.74, 6) is 0.141. The number of aromatic nitrogens is 2. The van der Waals surface area contributed by atoms with Gasteiger partial charge in [-0.3, -0.25) is 4.79 Å². The lowest BCUT2D eigenvalue weighted by Crippen LogP contribution is -2.11. The lowest BCUT2D eigenvalue weighted by Gasteiger charge is -2.05. The minimum atomic E-state index is -0.347. The van der Waals surface area contributed by atoms with Gasteiger partial charge in [0.2, 0.25) is 5.75 Å². The number of nitrogens with zero attached hydrogens (tertiary/aromatic N) is 2. The Kier molecular flexibility index (Phi) is 2.88. The van der Waals surface area contributed by atoms with Crippen LogP contribution in [0, 0.1) is 11.3 Å². The van der Waals surface area contributed by atoms with E-state index in [0.717, 1.165) is 0 Å². The third-order valence-electron chi connectivity index (χ3n) is 2.28. The molecule has 5 nitrogen and oxygen atoms in total. The maximum atomic E-state index is 11.5. The predicted molar refractivity (Wildman–Crippen MR) is 61.6 cm³/mol. The van der Waals surface area contributed by atoms with Crippen molar-refractivity contribution in [3.8, 4) is 23.1 Å². The summed E-state index contributed by atoms with van der Waals surface area (Å²) in [5.41, 5.74) is 1.26. The van der Waals surface area contributed by atoms with Crippen LogP contribution in [0.15, 0.2) is 35.4 Å². The number of H-pyrrole nitrogens is 1. The fourth-order valence-electron chi connectivity index (χ4n) is 1.52. The van der Waals surface area contributed by atoms with Crippen molar-refractivity contribution in [3.05, 3.63) is 46.5 Å². The van der Waals surface area contributed by atoms with Gasteiger partial charge >= 0.3 is 0 Å². The van der Waals surface area contributed by atoms with Gasteiger partial charge in [-0.1, -0.05) is 12.1 Å². The summed E-state index contributed by atoms with van der Waals surface area (Å²) in [6.45, 7) is 0. The minimum Gasteiger partial charge on any atom is -0.490 e. The van der Waals surface area contributed by atoms with Gasteiger partial charge in [0.05, 0.1) is 25.1 Å². The summed E-state index contributed by atoms with van der Waals surface area (Å²) in [7, 11) is 1.41. The Labute approximate surface area is 97.3 Å². The van der Waals surface area contributed by atoms with Crippen LogP contribution in [-0.4, -0.2) is 17.1 Å². The molecule has 0 bridgehead atoms. The topological polar surface area (TPSA) is 78.8 Å². The molecule has 5 heteroatoms. The Hall–Kier alpha value is -2.61. The van der Waals surface area contributed by atoms with Crippen LogP contribution in [0.1, 0.15) is 5.56 Å². The van der Waals surface area contributed by atoms with Gasteiger partial charge in [0.15, 0.2) is 0 Å². The van der Waals surface area contributed by atoms with Crippen LogP contribution in [0.25, 0.3) is 11.3 Å². The highest BCUT2D eigenvalue weighted by Crippen LogP contribution is 2.24. The van der Waals surface area contributed by atoms with Gasteiger partial charge in [-0.2, -0.15) is 5.26 Å². The number of hydrogen-bond donors (Lipinski definition) is 1. The predicted octanol–water partition coefficient (Wildman–Crippen LogP) is 1.32. The highest BCUT2D eigenvalue weighted by molar-refractivity contribution is 5.66. The van der Waals surface area contributed by atoms with Crippen LogP contribution < -0.4 is 10.3 Å². The molecule has 2 aromatic rings. The summed E-state index contributed by atoms with van der Waals surface area (Å²) in [6.07, 6.45) is 1.30. The molecule has 0 saturated heterocycles. The van der Waals surface area contributed by atoms with Crippen molar-refractivity contribution in [2.45, 2.75) is 0 Å². The van der Waals surface area contributed by atoms with Crippen LogP contribution in [-0.2, 0) is 0 Å². The van der Waals surface area contributed by atoms with Crippen molar-refractivity contribution in [2.75, 3.05) is 7.11 Å². The Morgan fingerprint density at radius 2 is 2.29 bits per heavy atom. The Balaban J connectivity index is 2.65. The molecule has 0 aliphatic heterocycles. The first-order chi connectivity index (χ1) is 8.26. The lowest BCUT2D eigenvalue weighted by molar-refractivity contribution is 0.408. The van der Waals surface area contributed by atoms with Gasteiger partial charge in [-0.15, -0.1) is 0 Å². The van der Waals surface area contributed by atoms with E-state index < -0.39 is 0 Å². The zero-order chi connectivity index (χ0) is 12.3. The van der Waals surface area contributed by atoms with E-state index in [1.807, 2.05) is 6.07 Å². The van der Waals surface area contributed by atoms with E-state index in [4.69, 9.17) is 10.00 Å². The second kappa shape index (κ2) is 4.49. The molecule has 0 atom stereocenters. The van der Waals surface area contributed by atoms with Crippen molar-refractivity contribution < 1.29 is 4.74 Å². The molecule has 1 N–H and O–H groups in total. The molecular formula is C12H9N3O2. The van der Waals surface area contributed by atoms with Crippen molar-refractivity contribution in [3.63, 3.8) is 0 Å². The second-order valence-electron chi connectivity index (χ2n) is 3.31. The highest BCUT2D eigenvalue weighted by Gasteiger charge is 2.11. The Morgan fingerprint density at radius 3 is 3.00 bits per heavy atom. The fourth-order valence-corrected chi connectivity index (χ4v) is 1.52. The summed E-state index contributed by atoms with van der Waals surface area (Å²) in [4.78, 5) is 18.0. The highest BCUT2D eigenvalue weighted by atomic mass is 16.5. The molecule has 0 radical (unpaired) electrons. The summed E-state index contributed by atoms with van der Waals surface area (Å²) < 4.78 is 5.01. The average molecular weight is 227 g/mol. The molecule has 0 amide bonds. The zero-order valence-electron chi connectivity index (χ0n) is 9.10. The summed E-state index contributed by atoms with van der Waals surface area (Å²) >= 11 is 0. The van der Waals surface area contributed by atoms with Crippen LogP contribution in [0.5, 0.6) is 5.75 Å². The first-order valence-corrected chi connectivity index (χ1v) is 4.88. The first-order valence-electron chi connectivity index (χ1n) is 4.88. The van der Waals surface area contributed by atoms with E-state index >= 15 is 0 Å². The number of aromatic amines is 1. The van der Waals surface area contributed by atoms with Gasteiger partial charge in [0, 0.05) is 5.56 Å². The maximum Gasteiger partial charge on any atom is 0.293 e. The van der Waals surface area contributed by atoms with Crippen molar-refractivity contribution in [1.82, 2.24) is 9.97 Å². The lowest BCUT2D eigenvalue weighted by atomic mass is 10.1. The van der Waals surface area contributed by atoms with Gasteiger partial charge in [-0.25, -0.2) is 4.98 Å². The molecule has 0 fully saturated rings. The number of hydrogen-bond acceptors (Lipinski definition) is 4. The monoisotopic (exact) mass is 227 g/mol. The molecule has 17 heavy (non-hydrogen) atoms. The van der Waals surface area contributed by atoms with Crippen LogP contribution in [0.4, 0.5) is 0 Å². The van der Waals surface area contributed by atoms with Gasteiger partial charge in [0.1, 0.15) is 5.69 Å². The normalized spacial score (nSPS) is 9.65. The smallest absolute Gasteiger partial charge is 0.293 e. The van der Waals surface area contributed by atoms with Crippen LogP contribution >= 0.6 is 0 Å².